The summed E-state index contributed by atoms with van der Waals surface area (Å²) in [4.78, 5) is 18.9. The number of benzene rings is 1. The van der Waals surface area contributed by atoms with E-state index in [-0.39, 0.29) is 22.6 Å². The van der Waals surface area contributed by atoms with Crippen LogP contribution in [0.15, 0.2) is 35.2 Å². The monoisotopic (exact) mass is 336 g/mol. The van der Waals surface area contributed by atoms with Crippen LogP contribution < -0.4 is 14.8 Å². The zero-order valence-electron chi connectivity index (χ0n) is 12.8. The average molecular weight is 336 g/mol. The first-order valence-electron chi connectivity index (χ1n) is 6.60. The van der Waals surface area contributed by atoms with Crippen LogP contribution in [0.25, 0.3) is 0 Å². The molecule has 0 saturated carbocycles. The molecule has 0 spiro atoms. The van der Waals surface area contributed by atoms with Crippen LogP contribution in [-0.2, 0) is 14.8 Å². The predicted molar refractivity (Wildman–Crippen MR) is 84.9 cm³/mol. The topological polar surface area (TPSA) is 110 Å². The third-order valence-corrected chi connectivity index (χ3v) is 4.09. The smallest absolute Gasteiger partial charge is 0.264 e. The summed E-state index contributed by atoms with van der Waals surface area (Å²) in [6.45, 7) is 3.07. The van der Waals surface area contributed by atoms with Crippen molar-refractivity contribution >= 4 is 27.6 Å². The Kier molecular flexibility index (Phi) is 4.80. The zero-order valence-corrected chi connectivity index (χ0v) is 13.6. The Hall–Kier alpha value is -2.68. The molecule has 0 aliphatic rings. The SMILES string of the molecule is COc1cc(C)nc(NS(=O)(=O)c2ccc(NC(C)=O)cc2)n1. The summed E-state index contributed by atoms with van der Waals surface area (Å²) >= 11 is 0. The number of rotatable bonds is 5. The van der Waals surface area contributed by atoms with Gasteiger partial charge in [0.2, 0.25) is 17.7 Å². The van der Waals surface area contributed by atoms with Crippen molar-refractivity contribution in [2.75, 3.05) is 17.1 Å². The first-order chi connectivity index (χ1) is 10.8. The highest BCUT2D eigenvalue weighted by Crippen LogP contribution is 2.18. The molecule has 1 aromatic heterocycles. The molecular weight excluding hydrogens is 320 g/mol. The molecule has 1 amide bonds. The summed E-state index contributed by atoms with van der Waals surface area (Å²) in [6.07, 6.45) is 0. The molecule has 2 rings (SSSR count). The standard InChI is InChI=1S/C14H16N4O4S/c1-9-8-13(22-3)17-14(15-9)18-23(20,21)12-6-4-11(5-7-12)16-10(2)19/h4-8H,1-3H3,(H,16,19)(H,15,17,18). The molecule has 0 bridgehead atoms. The largest absolute Gasteiger partial charge is 0.481 e. The molecule has 2 aromatic rings. The fourth-order valence-electron chi connectivity index (χ4n) is 1.79. The molecule has 0 aliphatic heterocycles. The van der Waals surface area contributed by atoms with Gasteiger partial charge in [-0.3, -0.25) is 4.79 Å². The maximum Gasteiger partial charge on any atom is 0.264 e. The van der Waals surface area contributed by atoms with Crippen LogP contribution in [0.4, 0.5) is 11.6 Å². The number of sulfonamides is 1. The van der Waals surface area contributed by atoms with E-state index in [1.165, 1.54) is 38.3 Å². The molecule has 1 aromatic carbocycles. The lowest BCUT2D eigenvalue weighted by Crippen LogP contribution is -2.15. The molecule has 0 fully saturated rings. The Morgan fingerprint density at radius 2 is 1.83 bits per heavy atom. The Morgan fingerprint density at radius 1 is 1.17 bits per heavy atom. The van der Waals surface area contributed by atoms with Crippen LogP contribution >= 0.6 is 0 Å². The second kappa shape index (κ2) is 6.61. The van der Waals surface area contributed by atoms with Crippen molar-refractivity contribution in [1.82, 2.24) is 9.97 Å². The number of nitrogens with zero attached hydrogens (tertiary/aromatic N) is 2. The van der Waals surface area contributed by atoms with Crippen molar-refractivity contribution < 1.29 is 17.9 Å². The van der Waals surface area contributed by atoms with Crippen molar-refractivity contribution in [2.45, 2.75) is 18.7 Å². The van der Waals surface area contributed by atoms with Gasteiger partial charge in [-0.15, -0.1) is 0 Å². The van der Waals surface area contributed by atoms with Gasteiger partial charge < -0.3 is 10.1 Å². The van der Waals surface area contributed by atoms with Gasteiger partial charge in [-0.2, -0.15) is 4.98 Å². The van der Waals surface area contributed by atoms with E-state index in [1.54, 1.807) is 13.0 Å². The maximum atomic E-state index is 12.3. The molecule has 122 valence electrons. The summed E-state index contributed by atoms with van der Waals surface area (Å²) in [5.74, 6) is -0.0528. The molecule has 1 heterocycles. The number of carbonyl (C=O) groups excluding carboxylic acids is 1. The van der Waals surface area contributed by atoms with E-state index in [1.807, 2.05) is 0 Å². The van der Waals surface area contributed by atoms with Gasteiger partial charge in [0.1, 0.15) is 0 Å². The summed E-state index contributed by atoms with van der Waals surface area (Å²) in [6, 6.07) is 7.32. The minimum absolute atomic E-state index is 0.0238. The first-order valence-corrected chi connectivity index (χ1v) is 8.08. The van der Waals surface area contributed by atoms with E-state index in [2.05, 4.69) is 20.0 Å². The van der Waals surface area contributed by atoms with Gasteiger partial charge in [0.25, 0.3) is 10.0 Å². The lowest BCUT2D eigenvalue weighted by Gasteiger charge is -2.09. The Labute approximate surface area is 134 Å². The molecule has 0 unspecified atom stereocenters. The number of carbonyl (C=O) groups is 1. The fraction of sp³-hybridized carbons (Fsp3) is 0.214. The van der Waals surface area contributed by atoms with Gasteiger partial charge in [0, 0.05) is 24.4 Å². The second-order valence-electron chi connectivity index (χ2n) is 4.69. The van der Waals surface area contributed by atoms with Crippen LogP contribution in [-0.4, -0.2) is 31.4 Å². The normalized spacial score (nSPS) is 10.9. The Bertz CT molecular complexity index is 819. The van der Waals surface area contributed by atoms with E-state index in [4.69, 9.17) is 4.74 Å². The van der Waals surface area contributed by atoms with Crippen molar-refractivity contribution in [3.05, 3.63) is 36.0 Å². The van der Waals surface area contributed by atoms with Crippen molar-refractivity contribution in [1.29, 1.82) is 0 Å². The molecule has 0 atom stereocenters. The molecule has 0 aliphatic carbocycles. The highest BCUT2D eigenvalue weighted by molar-refractivity contribution is 7.92. The minimum atomic E-state index is -3.84. The molecular formula is C14H16N4O4S. The van der Waals surface area contributed by atoms with Crippen LogP contribution in [0.5, 0.6) is 5.88 Å². The molecule has 8 nitrogen and oxygen atoms in total. The summed E-state index contributed by atoms with van der Waals surface area (Å²) < 4.78 is 31.9. The molecule has 9 heteroatoms. The lowest BCUT2D eigenvalue weighted by atomic mass is 10.3. The maximum absolute atomic E-state index is 12.3. The van der Waals surface area contributed by atoms with Crippen LogP contribution in [0.3, 0.4) is 0 Å². The van der Waals surface area contributed by atoms with Crippen molar-refractivity contribution in [2.24, 2.45) is 0 Å². The number of hydrogen-bond donors (Lipinski definition) is 2. The van der Waals surface area contributed by atoms with E-state index in [9.17, 15) is 13.2 Å². The van der Waals surface area contributed by atoms with Gasteiger partial charge in [-0.1, -0.05) is 0 Å². The van der Waals surface area contributed by atoms with Gasteiger partial charge in [0.05, 0.1) is 12.0 Å². The summed E-state index contributed by atoms with van der Waals surface area (Å²) in [7, 11) is -2.41. The van der Waals surface area contributed by atoms with Crippen molar-refractivity contribution in [3.63, 3.8) is 0 Å². The number of methoxy groups -OCH3 is 1. The van der Waals surface area contributed by atoms with Gasteiger partial charge in [0.15, 0.2) is 0 Å². The fourth-order valence-corrected chi connectivity index (χ4v) is 2.73. The van der Waals surface area contributed by atoms with E-state index < -0.39 is 10.0 Å². The Morgan fingerprint density at radius 3 is 2.39 bits per heavy atom. The second-order valence-corrected chi connectivity index (χ2v) is 6.37. The quantitative estimate of drug-likeness (QED) is 0.857. The van der Waals surface area contributed by atoms with E-state index in [0.717, 1.165) is 0 Å². The molecule has 0 radical (unpaired) electrons. The lowest BCUT2D eigenvalue weighted by molar-refractivity contribution is -0.114. The number of hydrogen-bond acceptors (Lipinski definition) is 6. The van der Waals surface area contributed by atoms with Crippen LogP contribution in [0.1, 0.15) is 12.6 Å². The number of nitrogens with one attached hydrogen (secondary N) is 2. The number of anilines is 2. The van der Waals surface area contributed by atoms with Gasteiger partial charge >= 0.3 is 0 Å². The summed E-state index contributed by atoms with van der Waals surface area (Å²) in [5, 5.41) is 2.56. The zero-order chi connectivity index (χ0) is 17.0. The van der Waals surface area contributed by atoms with Crippen molar-refractivity contribution in [3.8, 4) is 5.88 Å². The summed E-state index contributed by atoms with van der Waals surface area (Å²) in [5.41, 5.74) is 1.07. The van der Waals surface area contributed by atoms with Crippen LogP contribution in [0, 0.1) is 6.92 Å². The Balaban J connectivity index is 2.25. The number of ether oxygens (including phenoxy) is 1. The van der Waals surface area contributed by atoms with Gasteiger partial charge in [-0.05, 0) is 31.2 Å². The third-order valence-electron chi connectivity index (χ3n) is 2.75. The highest BCUT2D eigenvalue weighted by atomic mass is 32.2. The first kappa shape index (κ1) is 16.7. The molecule has 0 saturated heterocycles. The average Bonchev–Trinajstić information content (AvgIpc) is 2.46. The van der Waals surface area contributed by atoms with Crippen LogP contribution in [0.2, 0.25) is 0 Å². The molecule has 2 N–H and O–H groups in total. The predicted octanol–water partition coefficient (Wildman–Crippen LogP) is 1.55. The number of aryl methyl sites for hydroxylation is 1. The highest BCUT2D eigenvalue weighted by Gasteiger charge is 2.16. The van der Waals surface area contributed by atoms with E-state index >= 15 is 0 Å². The molecule has 23 heavy (non-hydrogen) atoms. The third kappa shape index (κ3) is 4.39. The number of amides is 1. The number of aromatic nitrogens is 2. The minimum Gasteiger partial charge on any atom is -0.481 e. The van der Waals surface area contributed by atoms with E-state index in [0.29, 0.717) is 11.4 Å². The van der Waals surface area contributed by atoms with Gasteiger partial charge in [-0.25, -0.2) is 18.1 Å².